The van der Waals surface area contributed by atoms with Gasteiger partial charge < -0.3 is 4.18 Å². The van der Waals surface area contributed by atoms with Gasteiger partial charge in [-0.1, -0.05) is 0 Å². The average molecular weight is 219 g/mol. The van der Waals surface area contributed by atoms with Crippen molar-refractivity contribution < 1.29 is 17.4 Å². The van der Waals surface area contributed by atoms with Crippen LogP contribution in [-0.4, -0.2) is 24.2 Å². The minimum Gasteiger partial charge on any atom is -0.371 e. The van der Waals surface area contributed by atoms with Crippen molar-refractivity contribution >= 4 is 16.2 Å². The molecule has 0 aromatic carbocycles. The SMILES string of the molecule is CC1=CC(=O)N(C(C)(C)C)S(=O)(=O)O1. The monoisotopic (exact) mass is 219 g/mol. The minimum atomic E-state index is -3.96. The Bertz CT molecular complexity index is 388. The Labute approximate surface area is 83.6 Å². The van der Waals surface area contributed by atoms with E-state index >= 15 is 0 Å². The summed E-state index contributed by atoms with van der Waals surface area (Å²) < 4.78 is 28.3. The fourth-order valence-corrected chi connectivity index (χ4v) is 2.63. The molecule has 5 nitrogen and oxygen atoms in total. The van der Waals surface area contributed by atoms with Crippen molar-refractivity contribution in [1.82, 2.24) is 4.31 Å². The molecule has 0 N–H and O–H groups in total. The zero-order valence-electron chi connectivity index (χ0n) is 8.57. The summed E-state index contributed by atoms with van der Waals surface area (Å²) in [6.45, 7) is 6.30. The zero-order chi connectivity index (χ0) is 11.1. The predicted octanol–water partition coefficient (Wildman–Crippen LogP) is 0.792. The quantitative estimate of drug-likeness (QED) is 0.604. The van der Waals surface area contributed by atoms with Crippen LogP contribution in [0.5, 0.6) is 0 Å². The first-order valence-corrected chi connectivity index (χ1v) is 5.48. The highest BCUT2D eigenvalue weighted by Gasteiger charge is 2.40. The number of hydrogen-bond donors (Lipinski definition) is 0. The molecule has 0 fully saturated rings. The summed E-state index contributed by atoms with van der Waals surface area (Å²) in [6.07, 6.45) is 1.16. The van der Waals surface area contributed by atoms with E-state index in [1.54, 1.807) is 20.8 Å². The van der Waals surface area contributed by atoms with E-state index in [1.165, 1.54) is 6.92 Å². The number of rotatable bonds is 0. The molecule has 0 saturated carbocycles. The Hall–Kier alpha value is -1.04. The lowest BCUT2D eigenvalue weighted by Gasteiger charge is -2.34. The van der Waals surface area contributed by atoms with Crippen molar-refractivity contribution in [3.8, 4) is 0 Å². The molecule has 0 aromatic heterocycles. The lowest BCUT2D eigenvalue weighted by Crippen LogP contribution is -2.50. The average Bonchev–Trinajstić information content (AvgIpc) is 1.75. The van der Waals surface area contributed by atoms with Gasteiger partial charge in [-0.2, -0.15) is 12.7 Å². The van der Waals surface area contributed by atoms with Gasteiger partial charge in [-0.3, -0.25) is 4.79 Å². The molecule has 80 valence electrons. The summed E-state index contributed by atoms with van der Waals surface area (Å²) in [6, 6.07) is 0. The van der Waals surface area contributed by atoms with Crippen LogP contribution in [0.15, 0.2) is 11.8 Å². The second-order valence-electron chi connectivity index (χ2n) is 4.07. The Morgan fingerprint density at radius 3 is 2.21 bits per heavy atom. The lowest BCUT2D eigenvalue weighted by atomic mass is 10.1. The highest BCUT2D eigenvalue weighted by molar-refractivity contribution is 7.85. The van der Waals surface area contributed by atoms with Crippen molar-refractivity contribution in [3.05, 3.63) is 11.8 Å². The molecule has 1 amide bonds. The number of nitrogens with zero attached hydrogens (tertiary/aromatic N) is 1. The molecule has 1 heterocycles. The highest BCUT2D eigenvalue weighted by Crippen LogP contribution is 2.25. The summed E-state index contributed by atoms with van der Waals surface area (Å²) in [4.78, 5) is 11.5. The van der Waals surface area contributed by atoms with Crippen LogP contribution in [0.2, 0.25) is 0 Å². The molecule has 0 aliphatic carbocycles. The van der Waals surface area contributed by atoms with Gasteiger partial charge in [0.1, 0.15) is 5.76 Å². The van der Waals surface area contributed by atoms with Gasteiger partial charge in [0.25, 0.3) is 5.91 Å². The maximum atomic E-state index is 11.5. The van der Waals surface area contributed by atoms with E-state index in [0.29, 0.717) is 0 Å². The highest BCUT2D eigenvalue weighted by atomic mass is 32.2. The van der Waals surface area contributed by atoms with Gasteiger partial charge in [-0.05, 0) is 27.7 Å². The number of allylic oxidation sites excluding steroid dienone is 1. The molecular weight excluding hydrogens is 206 g/mol. The van der Waals surface area contributed by atoms with Crippen molar-refractivity contribution in [2.45, 2.75) is 33.2 Å². The molecule has 1 aliphatic heterocycles. The fraction of sp³-hybridized carbons (Fsp3) is 0.625. The molecule has 0 aromatic rings. The predicted molar refractivity (Wildman–Crippen MR) is 50.4 cm³/mol. The van der Waals surface area contributed by atoms with E-state index in [9.17, 15) is 13.2 Å². The zero-order valence-corrected chi connectivity index (χ0v) is 9.38. The van der Waals surface area contributed by atoms with E-state index in [4.69, 9.17) is 0 Å². The van der Waals surface area contributed by atoms with Crippen LogP contribution >= 0.6 is 0 Å². The molecule has 1 aliphatic rings. The van der Waals surface area contributed by atoms with Crippen molar-refractivity contribution in [1.29, 1.82) is 0 Å². The van der Waals surface area contributed by atoms with Crippen LogP contribution in [-0.2, 0) is 19.3 Å². The van der Waals surface area contributed by atoms with Crippen molar-refractivity contribution in [2.24, 2.45) is 0 Å². The number of carbonyl (C=O) groups excluding carboxylic acids is 1. The first-order valence-electron chi connectivity index (χ1n) is 4.12. The standard InChI is InChI=1S/C8H13NO4S/c1-6-5-7(10)9(8(2,3)4)14(11,12)13-6/h5H,1-4H3. The molecule has 0 atom stereocenters. The van der Waals surface area contributed by atoms with Gasteiger partial charge in [0, 0.05) is 6.08 Å². The van der Waals surface area contributed by atoms with Crippen LogP contribution in [0.3, 0.4) is 0 Å². The van der Waals surface area contributed by atoms with Gasteiger partial charge >= 0.3 is 10.3 Å². The first-order chi connectivity index (χ1) is 6.14. The van der Waals surface area contributed by atoms with Crippen molar-refractivity contribution in [3.63, 3.8) is 0 Å². The lowest BCUT2D eigenvalue weighted by molar-refractivity contribution is -0.125. The second-order valence-corrected chi connectivity index (χ2v) is 5.46. The molecule has 0 unspecified atom stereocenters. The van der Waals surface area contributed by atoms with Gasteiger partial charge in [0.15, 0.2) is 0 Å². The van der Waals surface area contributed by atoms with Crippen LogP contribution in [0.25, 0.3) is 0 Å². The largest absolute Gasteiger partial charge is 0.412 e. The summed E-state index contributed by atoms with van der Waals surface area (Å²) >= 11 is 0. The van der Waals surface area contributed by atoms with Gasteiger partial charge in [-0.15, -0.1) is 0 Å². The smallest absolute Gasteiger partial charge is 0.371 e. The Kier molecular flexibility index (Phi) is 2.35. The topological polar surface area (TPSA) is 63.7 Å². The van der Waals surface area contributed by atoms with Gasteiger partial charge in [0.05, 0.1) is 5.54 Å². The fourth-order valence-electron chi connectivity index (χ4n) is 1.24. The van der Waals surface area contributed by atoms with Crippen molar-refractivity contribution in [2.75, 3.05) is 0 Å². The normalized spacial score (nSPS) is 21.6. The van der Waals surface area contributed by atoms with Crippen LogP contribution in [0, 0.1) is 0 Å². The van der Waals surface area contributed by atoms with E-state index < -0.39 is 21.8 Å². The molecule has 14 heavy (non-hydrogen) atoms. The summed E-state index contributed by atoms with van der Waals surface area (Å²) in [5.74, 6) is -0.475. The molecule has 6 heteroatoms. The van der Waals surface area contributed by atoms with Crippen LogP contribution < -0.4 is 0 Å². The van der Waals surface area contributed by atoms with E-state index in [-0.39, 0.29) is 5.76 Å². The third-order valence-corrected chi connectivity index (χ3v) is 3.24. The Morgan fingerprint density at radius 1 is 1.36 bits per heavy atom. The second kappa shape index (κ2) is 2.98. The van der Waals surface area contributed by atoms with E-state index in [0.717, 1.165) is 10.4 Å². The molecule has 0 saturated heterocycles. The molecular formula is C8H13NO4S. The van der Waals surface area contributed by atoms with Gasteiger partial charge in [-0.25, -0.2) is 0 Å². The number of amides is 1. The van der Waals surface area contributed by atoms with E-state index in [2.05, 4.69) is 4.18 Å². The third kappa shape index (κ3) is 1.89. The maximum absolute atomic E-state index is 11.5. The van der Waals surface area contributed by atoms with E-state index in [1.807, 2.05) is 0 Å². The minimum absolute atomic E-state index is 0.0931. The molecule has 0 bridgehead atoms. The third-order valence-electron chi connectivity index (χ3n) is 1.60. The first kappa shape index (κ1) is 11.0. The van der Waals surface area contributed by atoms with Crippen LogP contribution in [0.4, 0.5) is 0 Å². The number of hydrogen-bond acceptors (Lipinski definition) is 4. The summed E-state index contributed by atoms with van der Waals surface area (Å²) in [7, 11) is -3.96. The van der Waals surface area contributed by atoms with Gasteiger partial charge in [0.2, 0.25) is 0 Å². The molecule has 0 radical (unpaired) electrons. The Balaban J connectivity index is 3.26. The summed E-state index contributed by atoms with van der Waals surface area (Å²) in [5, 5.41) is 0. The van der Waals surface area contributed by atoms with Crippen LogP contribution in [0.1, 0.15) is 27.7 Å². The summed E-state index contributed by atoms with van der Waals surface area (Å²) in [5.41, 5.74) is -0.812. The maximum Gasteiger partial charge on any atom is 0.412 e. The number of carbonyl (C=O) groups is 1. The Morgan fingerprint density at radius 2 is 1.86 bits per heavy atom. The molecule has 0 spiro atoms. The molecule has 1 rings (SSSR count).